The smallest absolute Gasteiger partial charge is 0.263 e. The topological polar surface area (TPSA) is 20.3 Å². The second-order valence-corrected chi connectivity index (χ2v) is 6.11. The molecule has 0 aliphatic heterocycles. The molecule has 0 unspecified atom stereocenters. The normalized spacial score (nSPS) is 10.7. The van der Waals surface area contributed by atoms with Crippen LogP contribution in [0.2, 0.25) is 0 Å². The van der Waals surface area contributed by atoms with Crippen molar-refractivity contribution in [1.82, 2.24) is 4.90 Å². The molecule has 0 bridgehead atoms. The Morgan fingerprint density at radius 2 is 1.91 bits per heavy atom. The molecular weight excluding hydrogens is 304 g/mol. The number of benzene rings is 1. The minimum atomic E-state index is -0.878. The number of halogens is 2. The predicted octanol–water partition coefficient (Wildman–Crippen LogP) is 4.96. The zero-order valence-corrected chi connectivity index (χ0v) is 13.6. The van der Waals surface area contributed by atoms with Crippen molar-refractivity contribution in [2.75, 3.05) is 13.1 Å². The van der Waals surface area contributed by atoms with Gasteiger partial charge in [-0.1, -0.05) is 19.4 Å². The van der Waals surface area contributed by atoms with Gasteiger partial charge in [0.1, 0.15) is 0 Å². The van der Waals surface area contributed by atoms with Crippen LogP contribution < -0.4 is 0 Å². The summed E-state index contributed by atoms with van der Waals surface area (Å²) in [6, 6.07) is 7.30. The Morgan fingerprint density at radius 1 is 1.14 bits per heavy atom. The summed E-state index contributed by atoms with van der Waals surface area (Å²) in [5.74, 6) is -1.75. The predicted molar refractivity (Wildman–Crippen MR) is 86.2 cm³/mol. The van der Waals surface area contributed by atoms with Gasteiger partial charge >= 0.3 is 0 Å². The van der Waals surface area contributed by atoms with E-state index in [2.05, 4.69) is 6.92 Å². The molecule has 0 aliphatic carbocycles. The lowest BCUT2D eigenvalue weighted by Gasteiger charge is -2.19. The number of carbonyl (C=O) groups is 1. The third-order valence-corrected chi connectivity index (χ3v) is 4.59. The molecule has 2 aromatic rings. The molecule has 1 aromatic heterocycles. The minimum absolute atomic E-state index is 0.00483. The number of amides is 1. The van der Waals surface area contributed by atoms with E-state index < -0.39 is 11.6 Å². The van der Waals surface area contributed by atoms with E-state index in [0.29, 0.717) is 17.0 Å². The van der Waals surface area contributed by atoms with Gasteiger partial charge in [0.2, 0.25) is 0 Å². The molecule has 0 aliphatic rings. The van der Waals surface area contributed by atoms with Crippen LogP contribution in [0.3, 0.4) is 0 Å². The van der Waals surface area contributed by atoms with Crippen LogP contribution >= 0.6 is 11.3 Å². The van der Waals surface area contributed by atoms with Gasteiger partial charge in [0.25, 0.3) is 5.91 Å². The van der Waals surface area contributed by atoms with E-state index in [1.165, 1.54) is 17.4 Å². The average Bonchev–Trinajstić information content (AvgIpc) is 3.00. The van der Waals surface area contributed by atoms with Gasteiger partial charge in [-0.05, 0) is 43.2 Å². The molecule has 0 fully saturated rings. The van der Waals surface area contributed by atoms with Crippen LogP contribution in [-0.4, -0.2) is 23.9 Å². The first-order valence-corrected chi connectivity index (χ1v) is 8.23. The fourth-order valence-corrected chi connectivity index (χ4v) is 3.14. The molecule has 118 valence electrons. The third kappa shape index (κ3) is 3.71. The first kappa shape index (κ1) is 16.6. The van der Waals surface area contributed by atoms with Gasteiger partial charge in [-0.2, -0.15) is 0 Å². The van der Waals surface area contributed by atoms with E-state index >= 15 is 0 Å². The highest BCUT2D eigenvalue weighted by Crippen LogP contribution is 2.29. The van der Waals surface area contributed by atoms with Gasteiger partial charge in [-0.25, -0.2) is 8.78 Å². The summed E-state index contributed by atoms with van der Waals surface area (Å²) < 4.78 is 26.3. The first-order valence-electron chi connectivity index (χ1n) is 7.41. The zero-order chi connectivity index (χ0) is 16.1. The molecule has 0 saturated carbocycles. The standard InChI is InChI=1S/C17H19F2NOS/c1-3-5-10-20(4-2)17(21)16-9-8-15(22-16)12-6-7-13(18)14(19)11-12/h6-9,11H,3-5,10H2,1-2H3. The highest BCUT2D eigenvalue weighted by atomic mass is 32.1. The average molecular weight is 323 g/mol. The van der Waals surface area contributed by atoms with E-state index in [0.717, 1.165) is 36.4 Å². The number of rotatable bonds is 6. The van der Waals surface area contributed by atoms with Crippen molar-refractivity contribution in [2.45, 2.75) is 26.7 Å². The van der Waals surface area contributed by atoms with E-state index in [1.54, 1.807) is 12.1 Å². The fourth-order valence-electron chi connectivity index (χ4n) is 2.17. The number of hydrogen-bond acceptors (Lipinski definition) is 2. The van der Waals surface area contributed by atoms with Gasteiger partial charge < -0.3 is 4.90 Å². The first-order chi connectivity index (χ1) is 10.6. The van der Waals surface area contributed by atoms with Crippen LogP contribution in [0, 0.1) is 11.6 Å². The Bertz CT molecular complexity index is 654. The number of nitrogens with zero attached hydrogens (tertiary/aromatic N) is 1. The van der Waals surface area contributed by atoms with Crippen LogP contribution in [-0.2, 0) is 0 Å². The zero-order valence-electron chi connectivity index (χ0n) is 12.7. The third-order valence-electron chi connectivity index (χ3n) is 3.47. The fraction of sp³-hybridized carbons (Fsp3) is 0.353. The summed E-state index contributed by atoms with van der Waals surface area (Å²) in [6.45, 7) is 5.45. The van der Waals surface area contributed by atoms with Crippen molar-refractivity contribution in [2.24, 2.45) is 0 Å². The highest BCUT2D eigenvalue weighted by molar-refractivity contribution is 7.17. The maximum atomic E-state index is 13.3. The quantitative estimate of drug-likeness (QED) is 0.736. The summed E-state index contributed by atoms with van der Waals surface area (Å²) >= 11 is 1.31. The van der Waals surface area contributed by atoms with Crippen LogP contribution in [0.15, 0.2) is 30.3 Å². The van der Waals surface area contributed by atoms with Crippen molar-refractivity contribution in [1.29, 1.82) is 0 Å². The van der Waals surface area contributed by atoms with Gasteiger partial charge in [-0.15, -0.1) is 11.3 Å². The summed E-state index contributed by atoms with van der Waals surface area (Å²) in [5, 5.41) is 0. The SMILES string of the molecule is CCCCN(CC)C(=O)c1ccc(-c2ccc(F)c(F)c2)s1. The lowest BCUT2D eigenvalue weighted by atomic mass is 10.2. The molecule has 0 radical (unpaired) electrons. The lowest BCUT2D eigenvalue weighted by Crippen LogP contribution is -2.31. The number of hydrogen-bond donors (Lipinski definition) is 0. The second kappa shape index (κ2) is 7.49. The molecule has 2 nitrogen and oxygen atoms in total. The van der Waals surface area contributed by atoms with Crippen LogP contribution in [0.4, 0.5) is 8.78 Å². The van der Waals surface area contributed by atoms with Gasteiger partial charge in [0.05, 0.1) is 4.88 Å². The molecule has 0 saturated heterocycles. The van der Waals surface area contributed by atoms with E-state index in [-0.39, 0.29) is 5.91 Å². The molecule has 0 spiro atoms. The summed E-state index contributed by atoms with van der Waals surface area (Å²) in [7, 11) is 0. The molecule has 1 heterocycles. The number of unbranched alkanes of at least 4 members (excludes halogenated alkanes) is 1. The van der Waals surface area contributed by atoms with Crippen LogP contribution in [0.25, 0.3) is 10.4 Å². The molecule has 1 aromatic carbocycles. The lowest BCUT2D eigenvalue weighted by molar-refractivity contribution is 0.0767. The Labute approximate surface area is 133 Å². The van der Waals surface area contributed by atoms with Crippen molar-refractivity contribution in [3.63, 3.8) is 0 Å². The van der Waals surface area contributed by atoms with Gasteiger partial charge in [-0.3, -0.25) is 4.79 Å². The maximum Gasteiger partial charge on any atom is 0.263 e. The van der Waals surface area contributed by atoms with Crippen molar-refractivity contribution >= 4 is 17.2 Å². The van der Waals surface area contributed by atoms with Gasteiger partial charge in [0.15, 0.2) is 11.6 Å². The Morgan fingerprint density at radius 3 is 2.55 bits per heavy atom. The largest absolute Gasteiger partial charge is 0.338 e. The van der Waals surface area contributed by atoms with Gasteiger partial charge in [0, 0.05) is 18.0 Å². The number of thiophene rings is 1. The Kier molecular flexibility index (Phi) is 5.66. The number of carbonyl (C=O) groups excluding carboxylic acids is 1. The Hall–Kier alpha value is -1.75. The molecule has 1 amide bonds. The minimum Gasteiger partial charge on any atom is -0.338 e. The molecule has 22 heavy (non-hydrogen) atoms. The molecule has 0 atom stereocenters. The highest BCUT2D eigenvalue weighted by Gasteiger charge is 2.16. The Balaban J connectivity index is 2.19. The van der Waals surface area contributed by atoms with Crippen LogP contribution in [0.1, 0.15) is 36.4 Å². The van der Waals surface area contributed by atoms with E-state index in [9.17, 15) is 13.6 Å². The van der Waals surface area contributed by atoms with Crippen LogP contribution in [0.5, 0.6) is 0 Å². The summed E-state index contributed by atoms with van der Waals surface area (Å²) in [4.78, 5) is 15.6. The van der Waals surface area contributed by atoms with Crippen molar-refractivity contribution in [3.8, 4) is 10.4 Å². The van der Waals surface area contributed by atoms with Crippen molar-refractivity contribution < 1.29 is 13.6 Å². The monoisotopic (exact) mass is 323 g/mol. The molecule has 2 rings (SSSR count). The van der Waals surface area contributed by atoms with E-state index in [4.69, 9.17) is 0 Å². The second-order valence-electron chi connectivity index (χ2n) is 5.03. The molecule has 0 N–H and O–H groups in total. The van der Waals surface area contributed by atoms with E-state index in [1.807, 2.05) is 11.8 Å². The summed E-state index contributed by atoms with van der Waals surface area (Å²) in [5.41, 5.74) is 0.583. The maximum absolute atomic E-state index is 13.3. The van der Waals surface area contributed by atoms with Crippen molar-refractivity contribution in [3.05, 3.63) is 46.8 Å². The summed E-state index contributed by atoms with van der Waals surface area (Å²) in [6.07, 6.45) is 2.01. The molecule has 5 heteroatoms. The molecular formula is C17H19F2NOS.